The Hall–Kier alpha value is -2.58. The summed E-state index contributed by atoms with van der Waals surface area (Å²) in [7, 11) is 0. The van der Waals surface area contributed by atoms with Gasteiger partial charge in [-0.3, -0.25) is 4.79 Å². The topological polar surface area (TPSA) is 75.4 Å². The van der Waals surface area contributed by atoms with Crippen molar-refractivity contribution in [3.63, 3.8) is 0 Å². The number of nitrogens with one attached hydrogen (secondary N) is 1. The van der Waals surface area contributed by atoms with Gasteiger partial charge in [-0.15, -0.1) is 0 Å². The van der Waals surface area contributed by atoms with Crippen LogP contribution in [-0.2, 0) is 0 Å². The summed E-state index contributed by atoms with van der Waals surface area (Å²) in [5.41, 5.74) is 2.53. The molecule has 0 aliphatic heterocycles. The molecule has 5 heteroatoms. The van der Waals surface area contributed by atoms with Gasteiger partial charge < -0.3 is 14.9 Å². The molecule has 0 atom stereocenters. The van der Waals surface area contributed by atoms with E-state index in [1.807, 2.05) is 25.1 Å². The van der Waals surface area contributed by atoms with Crippen LogP contribution in [0.2, 0.25) is 0 Å². The number of aliphatic hydroxyl groups excluding tert-OH is 1. The number of carbonyl (C=O) groups excluding carboxylic acids is 1. The van der Waals surface area contributed by atoms with Gasteiger partial charge >= 0.3 is 0 Å². The Morgan fingerprint density at radius 2 is 2.30 bits per heavy atom. The lowest BCUT2D eigenvalue weighted by molar-refractivity contribution is 0.101. The van der Waals surface area contributed by atoms with Crippen molar-refractivity contribution < 1.29 is 14.4 Å². The van der Waals surface area contributed by atoms with Crippen LogP contribution in [0.4, 0.5) is 5.69 Å². The van der Waals surface area contributed by atoms with Crippen LogP contribution >= 0.6 is 0 Å². The maximum absolute atomic E-state index is 11.9. The highest BCUT2D eigenvalue weighted by molar-refractivity contribution is 6.03. The molecule has 0 unspecified atom stereocenters. The van der Waals surface area contributed by atoms with E-state index in [1.165, 1.54) is 12.3 Å². The van der Waals surface area contributed by atoms with Gasteiger partial charge in [-0.05, 0) is 24.6 Å². The number of hydrogen-bond donors (Lipinski definition) is 2. The minimum absolute atomic E-state index is 0.0134. The fourth-order valence-electron chi connectivity index (χ4n) is 1.60. The summed E-state index contributed by atoms with van der Waals surface area (Å²) in [5, 5.41) is 15.1. The highest BCUT2D eigenvalue weighted by Gasteiger charge is 2.11. The second kappa shape index (κ2) is 6.55. The molecule has 20 heavy (non-hydrogen) atoms. The lowest BCUT2D eigenvalue weighted by Crippen LogP contribution is -2.13. The fraction of sp³-hybridized carbons (Fsp3) is 0.200. The van der Waals surface area contributed by atoms with Crippen LogP contribution in [0.1, 0.15) is 28.0 Å². The molecule has 1 heterocycles. The first kappa shape index (κ1) is 13.8. The average molecular weight is 270 g/mol. The molecule has 0 saturated carbocycles. The SMILES string of the molecule is Cc1ccc(C#CCCO)c(NC(=O)c2ccon2)c1. The van der Waals surface area contributed by atoms with E-state index in [0.29, 0.717) is 17.7 Å². The van der Waals surface area contributed by atoms with Crippen LogP contribution in [-0.4, -0.2) is 22.8 Å². The van der Waals surface area contributed by atoms with Crippen molar-refractivity contribution in [2.75, 3.05) is 11.9 Å². The molecule has 0 fully saturated rings. The Labute approximate surface area is 116 Å². The van der Waals surface area contributed by atoms with E-state index in [9.17, 15) is 4.79 Å². The van der Waals surface area contributed by atoms with Gasteiger partial charge in [-0.2, -0.15) is 0 Å². The third-order valence-electron chi connectivity index (χ3n) is 2.55. The maximum atomic E-state index is 11.9. The van der Waals surface area contributed by atoms with Gasteiger partial charge in [-0.25, -0.2) is 0 Å². The van der Waals surface area contributed by atoms with Crippen molar-refractivity contribution in [2.24, 2.45) is 0 Å². The number of amides is 1. The van der Waals surface area contributed by atoms with Gasteiger partial charge in [0.2, 0.25) is 0 Å². The highest BCUT2D eigenvalue weighted by atomic mass is 16.5. The van der Waals surface area contributed by atoms with Gasteiger partial charge in [-0.1, -0.05) is 23.1 Å². The molecule has 0 radical (unpaired) electrons. The van der Waals surface area contributed by atoms with Crippen LogP contribution in [0, 0.1) is 18.8 Å². The van der Waals surface area contributed by atoms with Gasteiger partial charge in [0.25, 0.3) is 5.91 Å². The Balaban J connectivity index is 2.24. The monoisotopic (exact) mass is 270 g/mol. The number of aromatic nitrogens is 1. The van der Waals surface area contributed by atoms with Crippen molar-refractivity contribution in [3.8, 4) is 11.8 Å². The fourth-order valence-corrected chi connectivity index (χ4v) is 1.60. The van der Waals surface area contributed by atoms with Crippen molar-refractivity contribution >= 4 is 11.6 Å². The normalized spacial score (nSPS) is 9.70. The zero-order valence-electron chi connectivity index (χ0n) is 11.0. The predicted octanol–water partition coefficient (Wildman–Crippen LogP) is 1.97. The van der Waals surface area contributed by atoms with E-state index in [0.717, 1.165) is 5.56 Å². The van der Waals surface area contributed by atoms with E-state index >= 15 is 0 Å². The Morgan fingerprint density at radius 3 is 3.00 bits per heavy atom. The predicted molar refractivity (Wildman–Crippen MR) is 74.2 cm³/mol. The van der Waals surface area contributed by atoms with Crippen LogP contribution in [0.15, 0.2) is 35.1 Å². The summed E-state index contributed by atoms with van der Waals surface area (Å²) < 4.78 is 4.64. The number of aryl methyl sites for hydroxylation is 1. The summed E-state index contributed by atoms with van der Waals surface area (Å²) in [6, 6.07) is 7.07. The number of aliphatic hydroxyl groups is 1. The minimum Gasteiger partial charge on any atom is -0.395 e. The summed E-state index contributed by atoms with van der Waals surface area (Å²) in [6.07, 6.45) is 1.73. The molecule has 2 N–H and O–H groups in total. The van der Waals surface area contributed by atoms with Crippen LogP contribution in [0.25, 0.3) is 0 Å². The summed E-state index contributed by atoms with van der Waals surface area (Å²) in [5.74, 6) is 5.41. The second-order valence-electron chi connectivity index (χ2n) is 4.16. The molecule has 1 aromatic heterocycles. The largest absolute Gasteiger partial charge is 0.395 e. The number of nitrogens with zero attached hydrogens (tertiary/aromatic N) is 1. The first-order chi connectivity index (χ1) is 9.70. The molecule has 1 amide bonds. The molecule has 0 aliphatic carbocycles. The van der Waals surface area contributed by atoms with Crippen molar-refractivity contribution in [3.05, 3.63) is 47.3 Å². The highest BCUT2D eigenvalue weighted by Crippen LogP contribution is 2.17. The van der Waals surface area contributed by atoms with E-state index in [4.69, 9.17) is 5.11 Å². The number of rotatable bonds is 3. The molecular weight excluding hydrogens is 256 g/mol. The average Bonchev–Trinajstić information content (AvgIpc) is 2.95. The maximum Gasteiger partial charge on any atom is 0.277 e. The van der Waals surface area contributed by atoms with Crippen molar-refractivity contribution in [1.29, 1.82) is 0 Å². The third kappa shape index (κ3) is 3.46. The quantitative estimate of drug-likeness (QED) is 0.836. The summed E-state index contributed by atoms with van der Waals surface area (Å²) in [6.45, 7) is 1.94. The van der Waals surface area contributed by atoms with Gasteiger partial charge in [0.15, 0.2) is 5.69 Å². The van der Waals surface area contributed by atoms with Gasteiger partial charge in [0, 0.05) is 18.1 Å². The smallest absolute Gasteiger partial charge is 0.277 e. The number of benzene rings is 1. The molecule has 1 aromatic carbocycles. The van der Waals surface area contributed by atoms with Crippen LogP contribution in [0.5, 0.6) is 0 Å². The Kier molecular flexibility index (Phi) is 4.53. The molecule has 102 valence electrons. The lowest BCUT2D eigenvalue weighted by Gasteiger charge is -2.07. The Bertz CT molecular complexity index is 651. The second-order valence-corrected chi connectivity index (χ2v) is 4.16. The lowest BCUT2D eigenvalue weighted by atomic mass is 10.1. The van der Waals surface area contributed by atoms with Gasteiger partial charge in [0.1, 0.15) is 6.26 Å². The van der Waals surface area contributed by atoms with E-state index in [1.54, 1.807) is 0 Å². The Morgan fingerprint density at radius 1 is 1.45 bits per heavy atom. The van der Waals surface area contributed by atoms with Crippen molar-refractivity contribution in [2.45, 2.75) is 13.3 Å². The molecule has 0 bridgehead atoms. The molecule has 0 spiro atoms. The van der Waals surface area contributed by atoms with Gasteiger partial charge in [0.05, 0.1) is 12.3 Å². The molecular formula is C15H14N2O3. The number of carbonyl (C=O) groups is 1. The zero-order chi connectivity index (χ0) is 14.4. The third-order valence-corrected chi connectivity index (χ3v) is 2.55. The first-order valence-electron chi connectivity index (χ1n) is 6.13. The number of anilines is 1. The standard InChI is InChI=1S/C15H14N2O3/c1-11-5-6-12(4-2-3-8-18)14(10-11)16-15(19)13-7-9-20-17-13/h5-7,9-10,18H,3,8H2,1H3,(H,16,19). The van der Waals surface area contributed by atoms with E-state index in [2.05, 4.69) is 26.8 Å². The first-order valence-corrected chi connectivity index (χ1v) is 6.13. The summed E-state index contributed by atoms with van der Waals surface area (Å²) >= 11 is 0. The summed E-state index contributed by atoms with van der Waals surface area (Å²) in [4.78, 5) is 11.9. The molecule has 5 nitrogen and oxygen atoms in total. The van der Waals surface area contributed by atoms with Crippen molar-refractivity contribution in [1.82, 2.24) is 5.16 Å². The molecule has 0 aliphatic rings. The van der Waals surface area contributed by atoms with E-state index < -0.39 is 0 Å². The molecule has 0 saturated heterocycles. The van der Waals surface area contributed by atoms with E-state index in [-0.39, 0.29) is 18.2 Å². The molecule has 2 rings (SSSR count). The number of hydrogen-bond acceptors (Lipinski definition) is 4. The minimum atomic E-state index is -0.352. The molecule has 2 aromatic rings. The zero-order valence-corrected chi connectivity index (χ0v) is 11.0. The van der Waals surface area contributed by atoms with Crippen LogP contribution < -0.4 is 5.32 Å². The van der Waals surface area contributed by atoms with Crippen LogP contribution in [0.3, 0.4) is 0 Å².